The summed E-state index contributed by atoms with van der Waals surface area (Å²) in [5.41, 5.74) is 1.70. The Morgan fingerprint density at radius 2 is 1.86 bits per heavy atom. The SMILES string of the molecule is CCOc1cc(C=Nn2c(C)nc3ccc(Br)cc3c2=O)cc(Cl)c1OCc1ccc(Cl)cc1Cl. The summed E-state index contributed by atoms with van der Waals surface area (Å²) >= 11 is 22.1. The fraction of sp³-hybridized carbons (Fsp3) is 0.160. The highest BCUT2D eigenvalue weighted by Gasteiger charge is 2.14. The van der Waals surface area contributed by atoms with Crippen molar-refractivity contribution >= 4 is 67.9 Å². The molecule has 10 heteroatoms. The van der Waals surface area contributed by atoms with Crippen LogP contribution in [0.25, 0.3) is 10.9 Å². The van der Waals surface area contributed by atoms with Gasteiger partial charge < -0.3 is 9.47 Å². The van der Waals surface area contributed by atoms with Gasteiger partial charge in [-0.2, -0.15) is 9.78 Å². The molecular weight excluding hydrogens is 577 g/mol. The number of aryl methyl sites for hydroxylation is 1. The number of aromatic nitrogens is 2. The zero-order valence-corrected chi connectivity index (χ0v) is 22.5. The molecule has 0 aliphatic rings. The third-order valence-corrected chi connectivity index (χ3v) is 6.37. The van der Waals surface area contributed by atoms with E-state index < -0.39 is 0 Å². The number of rotatable bonds is 7. The maximum Gasteiger partial charge on any atom is 0.282 e. The molecule has 0 unspecified atom stereocenters. The third kappa shape index (κ3) is 5.81. The first-order chi connectivity index (χ1) is 16.8. The van der Waals surface area contributed by atoms with Gasteiger partial charge in [-0.25, -0.2) is 4.98 Å². The van der Waals surface area contributed by atoms with Gasteiger partial charge in [0.2, 0.25) is 0 Å². The molecule has 0 bridgehead atoms. The zero-order chi connectivity index (χ0) is 25.1. The molecule has 180 valence electrons. The first-order valence-corrected chi connectivity index (χ1v) is 12.5. The molecule has 0 aliphatic heterocycles. The number of benzene rings is 3. The highest BCUT2D eigenvalue weighted by Crippen LogP contribution is 2.37. The van der Waals surface area contributed by atoms with E-state index in [2.05, 4.69) is 26.0 Å². The number of fused-ring (bicyclic) bond motifs is 1. The molecule has 0 saturated carbocycles. The molecule has 0 spiro atoms. The van der Waals surface area contributed by atoms with Crippen LogP contribution in [0, 0.1) is 6.92 Å². The van der Waals surface area contributed by atoms with E-state index >= 15 is 0 Å². The minimum absolute atomic E-state index is 0.177. The van der Waals surface area contributed by atoms with Crippen LogP contribution in [0.2, 0.25) is 15.1 Å². The van der Waals surface area contributed by atoms with E-state index in [4.69, 9.17) is 44.3 Å². The summed E-state index contributed by atoms with van der Waals surface area (Å²) in [5, 5.41) is 6.17. The molecule has 3 aromatic carbocycles. The van der Waals surface area contributed by atoms with Gasteiger partial charge in [0.05, 0.1) is 28.7 Å². The molecule has 0 radical (unpaired) electrons. The minimum atomic E-state index is -0.277. The average molecular weight is 596 g/mol. The van der Waals surface area contributed by atoms with Crippen molar-refractivity contribution in [2.75, 3.05) is 6.61 Å². The largest absolute Gasteiger partial charge is 0.490 e. The fourth-order valence-corrected chi connectivity index (χ4v) is 4.47. The van der Waals surface area contributed by atoms with Crippen molar-refractivity contribution in [2.45, 2.75) is 20.5 Å². The maximum absolute atomic E-state index is 13.0. The Kier molecular flexibility index (Phi) is 8.02. The summed E-state index contributed by atoms with van der Waals surface area (Å²) in [5.74, 6) is 1.27. The molecule has 6 nitrogen and oxygen atoms in total. The third-order valence-electron chi connectivity index (χ3n) is 5.01. The van der Waals surface area contributed by atoms with Crippen molar-refractivity contribution in [3.63, 3.8) is 0 Å². The molecule has 0 fully saturated rings. The van der Waals surface area contributed by atoms with Crippen LogP contribution in [0.3, 0.4) is 0 Å². The van der Waals surface area contributed by atoms with Gasteiger partial charge in [0.15, 0.2) is 11.5 Å². The highest BCUT2D eigenvalue weighted by atomic mass is 79.9. The zero-order valence-electron chi connectivity index (χ0n) is 18.7. The number of nitrogens with zero attached hydrogens (tertiary/aromatic N) is 3. The normalized spacial score (nSPS) is 11.4. The van der Waals surface area contributed by atoms with Crippen LogP contribution in [-0.2, 0) is 6.61 Å². The van der Waals surface area contributed by atoms with Gasteiger partial charge >= 0.3 is 0 Å². The molecule has 1 heterocycles. The first-order valence-electron chi connectivity index (χ1n) is 10.5. The molecule has 1 aromatic heterocycles. The van der Waals surface area contributed by atoms with Crippen molar-refractivity contribution < 1.29 is 9.47 Å². The Bertz CT molecular complexity index is 1510. The van der Waals surface area contributed by atoms with Crippen LogP contribution in [-0.4, -0.2) is 22.5 Å². The first kappa shape index (κ1) is 25.5. The van der Waals surface area contributed by atoms with Crippen molar-refractivity contribution in [2.24, 2.45) is 5.10 Å². The lowest BCUT2D eigenvalue weighted by Gasteiger charge is -2.15. The van der Waals surface area contributed by atoms with Crippen molar-refractivity contribution in [1.29, 1.82) is 0 Å². The number of halogens is 4. The lowest BCUT2D eigenvalue weighted by Crippen LogP contribution is -2.20. The summed E-state index contributed by atoms with van der Waals surface area (Å²) in [6.07, 6.45) is 1.52. The topological polar surface area (TPSA) is 65.7 Å². The van der Waals surface area contributed by atoms with E-state index in [0.29, 0.717) is 55.5 Å². The van der Waals surface area contributed by atoms with E-state index in [9.17, 15) is 4.79 Å². The van der Waals surface area contributed by atoms with Crippen molar-refractivity contribution in [3.8, 4) is 11.5 Å². The Morgan fingerprint density at radius 3 is 2.60 bits per heavy atom. The van der Waals surface area contributed by atoms with Crippen molar-refractivity contribution in [3.05, 3.63) is 95.4 Å². The predicted octanol–water partition coefficient (Wildman–Crippen LogP) is 7.29. The van der Waals surface area contributed by atoms with Crippen LogP contribution in [0.4, 0.5) is 0 Å². The Labute approximate surface area is 225 Å². The molecule has 0 amide bonds. The second-order valence-corrected chi connectivity index (χ2v) is 9.64. The summed E-state index contributed by atoms with van der Waals surface area (Å²) in [6.45, 7) is 4.15. The number of hydrogen-bond donors (Lipinski definition) is 0. The molecule has 0 saturated heterocycles. The van der Waals surface area contributed by atoms with E-state index in [-0.39, 0.29) is 12.2 Å². The highest BCUT2D eigenvalue weighted by molar-refractivity contribution is 9.10. The maximum atomic E-state index is 13.0. The summed E-state index contributed by atoms with van der Waals surface area (Å²) in [7, 11) is 0. The van der Waals surface area contributed by atoms with E-state index in [1.54, 1.807) is 49.4 Å². The van der Waals surface area contributed by atoms with Gasteiger partial charge in [-0.05, 0) is 61.9 Å². The summed E-state index contributed by atoms with van der Waals surface area (Å²) < 4.78 is 13.7. The minimum Gasteiger partial charge on any atom is -0.490 e. The van der Waals surface area contributed by atoms with Crippen LogP contribution in [0.1, 0.15) is 23.9 Å². The lowest BCUT2D eigenvalue weighted by atomic mass is 10.2. The molecule has 0 atom stereocenters. The Hall–Kier alpha value is -2.58. The molecule has 0 aliphatic carbocycles. The number of hydrogen-bond acceptors (Lipinski definition) is 5. The predicted molar refractivity (Wildman–Crippen MR) is 145 cm³/mol. The van der Waals surface area contributed by atoms with Crippen LogP contribution in [0.15, 0.2) is 62.9 Å². The van der Waals surface area contributed by atoms with Gasteiger partial charge in [-0.15, -0.1) is 0 Å². The fourth-order valence-electron chi connectivity index (χ4n) is 3.37. The Morgan fingerprint density at radius 1 is 1.06 bits per heavy atom. The molecule has 0 N–H and O–H groups in total. The smallest absolute Gasteiger partial charge is 0.282 e. The van der Waals surface area contributed by atoms with Gasteiger partial charge in [0.1, 0.15) is 12.4 Å². The average Bonchev–Trinajstić information content (AvgIpc) is 2.80. The molecule has 4 aromatic rings. The second-order valence-electron chi connectivity index (χ2n) is 7.47. The van der Waals surface area contributed by atoms with E-state index in [1.165, 1.54) is 10.9 Å². The van der Waals surface area contributed by atoms with Crippen LogP contribution in [0.5, 0.6) is 11.5 Å². The molecule has 35 heavy (non-hydrogen) atoms. The van der Waals surface area contributed by atoms with Crippen molar-refractivity contribution in [1.82, 2.24) is 9.66 Å². The number of ether oxygens (including phenoxy) is 2. The van der Waals surface area contributed by atoms with E-state index in [0.717, 1.165) is 10.0 Å². The summed E-state index contributed by atoms with van der Waals surface area (Å²) in [4.78, 5) is 17.5. The monoisotopic (exact) mass is 593 g/mol. The molecular formula is C25H19BrCl3N3O3. The van der Waals surface area contributed by atoms with E-state index in [1.807, 2.05) is 13.0 Å². The quantitative estimate of drug-likeness (QED) is 0.211. The van der Waals surface area contributed by atoms with Gasteiger partial charge in [-0.3, -0.25) is 4.79 Å². The van der Waals surface area contributed by atoms with Crippen LogP contribution >= 0.6 is 50.7 Å². The van der Waals surface area contributed by atoms with Gasteiger partial charge in [0.25, 0.3) is 5.56 Å². The molecule has 4 rings (SSSR count). The second kappa shape index (κ2) is 11.0. The van der Waals surface area contributed by atoms with Gasteiger partial charge in [0, 0.05) is 20.1 Å². The van der Waals surface area contributed by atoms with Gasteiger partial charge in [-0.1, -0.05) is 56.8 Å². The lowest BCUT2D eigenvalue weighted by molar-refractivity contribution is 0.269. The van der Waals surface area contributed by atoms with Crippen LogP contribution < -0.4 is 15.0 Å². The standard InChI is InChI=1S/C25H19BrCl3N3O3/c1-3-34-23-9-15(8-21(29)24(23)35-13-16-4-6-18(27)11-20(16)28)12-30-32-14(2)31-22-7-5-17(26)10-19(22)25(32)33/h4-12H,3,13H2,1-2H3. The summed E-state index contributed by atoms with van der Waals surface area (Å²) in [6, 6.07) is 13.9. The Balaban J connectivity index is 1.65.